The summed E-state index contributed by atoms with van der Waals surface area (Å²) in [6.45, 7) is 1.65. The SMILES string of the molecule is CNC(=O)C(C)Oc1ccc(Cl)c(Cl)c1. The number of amides is 1. The van der Waals surface area contributed by atoms with Gasteiger partial charge in [0.05, 0.1) is 10.0 Å². The van der Waals surface area contributed by atoms with Crippen molar-refractivity contribution in [3.05, 3.63) is 28.2 Å². The molecule has 0 heterocycles. The summed E-state index contributed by atoms with van der Waals surface area (Å²) < 4.78 is 5.35. The Hall–Kier alpha value is -0.930. The van der Waals surface area contributed by atoms with Crippen LogP contribution in [0.15, 0.2) is 18.2 Å². The van der Waals surface area contributed by atoms with Crippen molar-refractivity contribution in [2.45, 2.75) is 13.0 Å². The van der Waals surface area contributed by atoms with Gasteiger partial charge in [0.1, 0.15) is 5.75 Å². The van der Waals surface area contributed by atoms with E-state index in [2.05, 4.69) is 5.32 Å². The molecule has 0 aliphatic heterocycles. The Morgan fingerprint density at radius 2 is 2.07 bits per heavy atom. The summed E-state index contributed by atoms with van der Waals surface area (Å²) in [4.78, 5) is 11.2. The van der Waals surface area contributed by atoms with Gasteiger partial charge in [-0.15, -0.1) is 0 Å². The smallest absolute Gasteiger partial charge is 0.260 e. The molecule has 0 fully saturated rings. The molecule has 1 aromatic rings. The number of likely N-dealkylation sites (N-methyl/N-ethyl adjacent to an activating group) is 1. The van der Waals surface area contributed by atoms with Gasteiger partial charge in [0.15, 0.2) is 6.10 Å². The average Bonchev–Trinajstić information content (AvgIpc) is 2.22. The van der Waals surface area contributed by atoms with E-state index in [-0.39, 0.29) is 5.91 Å². The lowest BCUT2D eigenvalue weighted by Crippen LogP contribution is -2.33. The number of rotatable bonds is 3. The molecule has 0 aliphatic rings. The van der Waals surface area contributed by atoms with Crippen molar-refractivity contribution in [3.63, 3.8) is 0 Å². The molecule has 0 spiro atoms. The quantitative estimate of drug-likeness (QED) is 0.892. The highest BCUT2D eigenvalue weighted by Crippen LogP contribution is 2.26. The Morgan fingerprint density at radius 3 is 2.60 bits per heavy atom. The number of ether oxygens (including phenoxy) is 1. The molecule has 1 aromatic carbocycles. The second-order valence-corrected chi connectivity index (χ2v) is 3.76. The van der Waals surface area contributed by atoms with E-state index in [1.54, 1.807) is 32.2 Å². The molecule has 15 heavy (non-hydrogen) atoms. The van der Waals surface area contributed by atoms with Gasteiger partial charge in [-0.2, -0.15) is 0 Å². The van der Waals surface area contributed by atoms with E-state index in [0.717, 1.165) is 0 Å². The first-order valence-electron chi connectivity index (χ1n) is 4.38. The van der Waals surface area contributed by atoms with Crippen LogP contribution in [0.25, 0.3) is 0 Å². The topological polar surface area (TPSA) is 38.3 Å². The Kier molecular flexibility index (Phi) is 4.24. The Morgan fingerprint density at radius 1 is 1.40 bits per heavy atom. The highest BCUT2D eigenvalue weighted by Gasteiger charge is 2.12. The van der Waals surface area contributed by atoms with Gasteiger partial charge in [-0.1, -0.05) is 23.2 Å². The average molecular weight is 248 g/mol. The summed E-state index contributed by atoms with van der Waals surface area (Å²) in [6, 6.07) is 4.85. The van der Waals surface area contributed by atoms with Crippen LogP contribution in [0.1, 0.15) is 6.92 Å². The van der Waals surface area contributed by atoms with Gasteiger partial charge in [0.2, 0.25) is 0 Å². The first-order valence-corrected chi connectivity index (χ1v) is 5.13. The molecule has 1 N–H and O–H groups in total. The molecule has 0 radical (unpaired) electrons. The largest absolute Gasteiger partial charge is 0.481 e. The molecule has 0 aromatic heterocycles. The third-order valence-electron chi connectivity index (χ3n) is 1.82. The first kappa shape index (κ1) is 12.1. The number of nitrogens with one attached hydrogen (secondary N) is 1. The minimum absolute atomic E-state index is 0.193. The van der Waals surface area contributed by atoms with Crippen molar-refractivity contribution in [2.24, 2.45) is 0 Å². The second kappa shape index (κ2) is 5.24. The maximum absolute atomic E-state index is 11.2. The van der Waals surface area contributed by atoms with E-state index in [1.165, 1.54) is 0 Å². The minimum Gasteiger partial charge on any atom is -0.481 e. The second-order valence-electron chi connectivity index (χ2n) is 2.95. The highest BCUT2D eigenvalue weighted by atomic mass is 35.5. The zero-order valence-corrected chi connectivity index (χ0v) is 9.89. The Bertz CT molecular complexity index is 368. The summed E-state index contributed by atoms with van der Waals surface area (Å²) in [5.74, 6) is 0.321. The zero-order valence-electron chi connectivity index (χ0n) is 8.38. The standard InChI is InChI=1S/C10H11Cl2NO2/c1-6(10(14)13-2)15-7-3-4-8(11)9(12)5-7/h3-6H,1-2H3,(H,13,14). The fraction of sp³-hybridized carbons (Fsp3) is 0.300. The van der Waals surface area contributed by atoms with E-state index >= 15 is 0 Å². The lowest BCUT2D eigenvalue weighted by Gasteiger charge is -2.13. The fourth-order valence-electron chi connectivity index (χ4n) is 1.01. The van der Waals surface area contributed by atoms with E-state index < -0.39 is 6.10 Å². The number of carbonyl (C=O) groups excluding carboxylic acids is 1. The van der Waals surface area contributed by atoms with Crippen molar-refractivity contribution >= 4 is 29.1 Å². The lowest BCUT2D eigenvalue weighted by molar-refractivity contribution is -0.126. The monoisotopic (exact) mass is 247 g/mol. The van der Waals surface area contributed by atoms with Gasteiger partial charge >= 0.3 is 0 Å². The molecule has 3 nitrogen and oxygen atoms in total. The molecule has 1 amide bonds. The summed E-state index contributed by atoms with van der Waals surface area (Å²) in [6.07, 6.45) is -0.563. The third kappa shape index (κ3) is 3.29. The maximum Gasteiger partial charge on any atom is 0.260 e. The van der Waals surface area contributed by atoms with Crippen LogP contribution in [-0.4, -0.2) is 19.1 Å². The van der Waals surface area contributed by atoms with Crippen molar-refractivity contribution in [2.75, 3.05) is 7.05 Å². The van der Waals surface area contributed by atoms with Crippen LogP contribution < -0.4 is 10.1 Å². The fourth-order valence-corrected chi connectivity index (χ4v) is 1.30. The van der Waals surface area contributed by atoms with Gasteiger partial charge in [0, 0.05) is 13.1 Å². The van der Waals surface area contributed by atoms with Gasteiger partial charge in [-0.25, -0.2) is 0 Å². The maximum atomic E-state index is 11.2. The number of hydrogen-bond donors (Lipinski definition) is 1. The van der Waals surface area contributed by atoms with Crippen LogP contribution in [-0.2, 0) is 4.79 Å². The molecule has 0 saturated carbocycles. The zero-order chi connectivity index (χ0) is 11.4. The lowest BCUT2D eigenvalue weighted by atomic mass is 10.3. The number of benzene rings is 1. The van der Waals surface area contributed by atoms with Gasteiger partial charge in [0.25, 0.3) is 5.91 Å². The molecule has 0 aliphatic carbocycles. The van der Waals surface area contributed by atoms with Crippen LogP contribution in [0.2, 0.25) is 10.0 Å². The predicted octanol–water partition coefficient (Wildman–Crippen LogP) is 2.51. The van der Waals surface area contributed by atoms with Crippen molar-refractivity contribution < 1.29 is 9.53 Å². The highest BCUT2D eigenvalue weighted by molar-refractivity contribution is 6.42. The Balaban J connectivity index is 2.73. The van der Waals surface area contributed by atoms with Crippen LogP contribution in [0.5, 0.6) is 5.75 Å². The van der Waals surface area contributed by atoms with Gasteiger partial charge < -0.3 is 10.1 Å². The van der Waals surface area contributed by atoms with Crippen molar-refractivity contribution in [3.8, 4) is 5.75 Å². The molecular formula is C10H11Cl2NO2. The third-order valence-corrected chi connectivity index (χ3v) is 2.56. The van der Waals surface area contributed by atoms with E-state index in [9.17, 15) is 4.79 Å². The molecular weight excluding hydrogens is 237 g/mol. The number of halogens is 2. The van der Waals surface area contributed by atoms with Gasteiger partial charge in [-0.05, 0) is 19.1 Å². The van der Waals surface area contributed by atoms with E-state index in [4.69, 9.17) is 27.9 Å². The van der Waals surface area contributed by atoms with Crippen LogP contribution >= 0.6 is 23.2 Å². The molecule has 1 unspecified atom stereocenters. The minimum atomic E-state index is -0.563. The van der Waals surface area contributed by atoms with Crippen LogP contribution in [0.3, 0.4) is 0 Å². The van der Waals surface area contributed by atoms with Crippen LogP contribution in [0.4, 0.5) is 0 Å². The van der Waals surface area contributed by atoms with Crippen molar-refractivity contribution in [1.29, 1.82) is 0 Å². The van der Waals surface area contributed by atoms with E-state index in [0.29, 0.717) is 15.8 Å². The summed E-state index contributed by atoms with van der Waals surface area (Å²) in [5.41, 5.74) is 0. The molecule has 0 saturated heterocycles. The normalized spacial score (nSPS) is 12.0. The molecule has 5 heteroatoms. The summed E-state index contributed by atoms with van der Waals surface area (Å²) in [5, 5.41) is 3.34. The number of hydrogen-bond acceptors (Lipinski definition) is 2. The molecule has 1 atom stereocenters. The van der Waals surface area contributed by atoms with Crippen molar-refractivity contribution in [1.82, 2.24) is 5.32 Å². The number of carbonyl (C=O) groups is 1. The molecule has 1 rings (SSSR count). The molecule has 82 valence electrons. The Labute approximate surface area is 98.3 Å². The van der Waals surface area contributed by atoms with Crippen LogP contribution in [0, 0.1) is 0 Å². The molecule has 0 bridgehead atoms. The first-order chi connectivity index (χ1) is 7.04. The summed E-state index contributed by atoms with van der Waals surface area (Å²) >= 11 is 11.5. The van der Waals surface area contributed by atoms with E-state index in [1.807, 2.05) is 0 Å². The van der Waals surface area contributed by atoms with Gasteiger partial charge in [-0.3, -0.25) is 4.79 Å². The predicted molar refractivity (Wildman–Crippen MR) is 60.6 cm³/mol. The summed E-state index contributed by atoms with van der Waals surface area (Å²) in [7, 11) is 1.55.